The number of carbonyl (C=O) groups is 4. The first-order valence-corrected chi connectivity index (χ1v) is 11.9. The van der Waals surface area contributed by atoms with Gasteiger partial charge in [0.25, 0.3) is 5.91 Å². The quantitative estimate of drug-likeness (QED) is 0.633. The Hall–Kier alpha value is -2.65. The number of halogens is 1. The number of anilines is 1. The van der Waals surface area contributed by atoms with Crippen molar-refractivity contribution in [1.82, 2.24) is 20.0 Å². The highest BCUT2D eigenvalue weighted by atomic mass is 35.5. The van der Waals surface area contributed by atoms with Crippen molar-refractivity contribution in [1.29, 1.82) is 0 Å². The molecule has 33 heavy (non-hydrogen) atoms. The molecule has 1 aromatic carbocycles. The van der Waals surface area contributed by atoms with Gasteiger partial charge in [0.15, 0.2) is 0 Å². The Morgan fingerprint density at radius 1 is 1.12 bits per heavy atom. The van der Waals surface area contributed by atoms with Crippen LogP contribution in [0.25, 0.3) is 0 Å². The second-order valence-corrected chi connectivity index (χ2v) is 9.53. The van der Waals surface area contributed by atoms with E-state index >= 15 is 0 Å². The van der Waals surface area contributed by atoms with Crippen molar-refractivity contribution < 1.29 is 19.2 Å². The molecule has 2 atom stereocenters. The van der Waals surface area contributed by atoms with E-state index < -0.39 is 11.6 Å². The molecule has 4 rings (SSSR count). The number of piperazine rings is 1. The third-order valence-corrected chi connectivity index (χ3v) is 7.36. The van der Waals surface area contributed by atoms with Crippen LogP contribution in [0.15, 0.2) is 24.3 Å². The maximum absolute atomic E-state index is 13.1. The van der Waals surface area contributed by atoms with Crippen LogP contribution in [-0.4, -0.2) is 83.3 Å². The van der Waals surface area contributed by atoms with Gasteiger partial charge in [0.05, 0.1) is 17.3 Å². The number of imide groups is 1. The van der Waals surface area contributed by atoms with Crippen LogP contribution < -0.4 is 10.6 Å². The molecule has 2 unspecified atom stereocenters. The average molecular weight is 476 g/mol. The summed E-state index contributed by atoms with van der Waals surface area (Å²) in [6, 6.07) is 6.57. The summed E-state index contributed by atoms with van der Waals surface area (Å²) in [4.78, 5) is 55.5. The Morgan fingerprint density at radius 2 is 1.85 bits per heavy atom. The molecule has 2 heterocycles. The fourth-order valence-corrected chi connectivity index (χ4v) is 5.17. The predicted molar refractivity (Wildman–Crippen MR) is 124 cm³/mol. The smallest absolute Gasteiger partial charge is 0.325 e. The molecule has 1 aromatic rings. The van der Waals surface area contributed by atoms with E-state index in [0.717, 1.165) is 24.2 Å². The Kier molecular flexibility index (Phi) is 6.90. The first kappa shape index (κ1) is 23.5. The van der Waals surface area contributed by atoms with Gasteiger partial charge < -0.3 is 15.5 Å². The van der Waals surface area contributed by atoms with Crippen molar-refractivity contribution in [2.24, 2.45) is 5.92 Å². The van der Waals surface area contributed by atoms with Gasteiger partial charge in [-0.15, -0.1) is 0 Å². The molecule has 2 aliphatic heterocycles. The largest absolute Gasteiger partial charge is 0.339 e. The second-order valence-electron chi connectivity index (χ2n) is 9.12. The summed E-state index contributed by atoms with van der Waals surface area (Å²) >= 11 is 6.08. The van der Waals surface area contributed by atoms with E-state index in [9.17, 15) is 19.2 Å². The standard InChI is InChI=1S/C23H30ClN5O4/c1-16-6-4-5-9-23(16)21(32)29(22(33)26-23)15-20(31)28-12-10-27(11-13-28)14-19(30)25-18-8-3-2-7-17(18)24/h2-3,7-8,16H,4-6,9-15H2,1H3,(H,25,30)(H,26,33). The number of nitrogens with one attached hydrogen (secondary N) is 2. The molecule has 0 bridgehead atoms. The Bertz CT molecular complexity index is 949. The molecule has 3 fully saturated rings. The predicted octanol–water partition coefficient (Wildman–Crippen LogP) is 1.92. The number of urea groups is 1. The lowest BCUT2D eigenvalue weighted by atomic mass is 9.73. The molecule has 2 N–H and O–H groups in total. The van der Waals surface area contributed by atoms with Crippen LogP contribution in [0, 0.1) is 5.92 Å². The number of para-hydroxylation sites is 1. The maximum Gasteiger partial charge on any atom is 0.325 e. The van der Waals surface area contributed by atoms with Crippen molar-refractivity contribution in [2.75, 3.05) is 44.6 Å². The van der Waals surface area contributed by atoms with Crippen LogP contribution in [0.3, 0.4) is 0 Å². The first-order valence-electron chi connectivity index (χ1n) is 11.5. The normalized spacial score (nSPS) is 25.9. The van der Waals surface area contributed by atoms with E-state index in [1.165, 1.54) is 0 Å². The molecular weight excluding hydrogens is 446 g/mol. The fourth-order valence-electron chi connectivity index (χ4n) is 4.99. The highest BCUT2D eigenvalue weighted by Crippen LogP contribution is 2.38. The van der Waals surface area contributed by atoms with Crippen LogP contribution in [0.5, 0.6) is 0 Å². The molecule has 9 nitrogen and oxygen atoms in total. The van der Waals surface area contributed by atoms with Gasteiger partial charge >= 0.3 is 6.03 Å². The Labute approximate surface area is 198 Å². The van der Waals surface area contributed by atoms with Gasteiger partial charge in [-0.05, 0) is 30.9 Å². The van der Waals surface area contributed by atoms with Crippen molar-refractivity contribution in [3.8, 4) is 0 Å². The van der Waals surface area contributed by atoms with E-state index in [0.29, 0.717) is 43.3 Å². The average Bonchev–Trinajstić information content (AvgIpc) is 3.02. The maximum atomic E-state index is 13.1. The molecule has 0 radical (unpaired) electrons. The molecule has 10 heteroatoms. The number of benzene rings is 1. The molecule has 3 aliphatic rings. The van der Waals surface area contributed by atoms with Crippen LogP contribution in [0.1, 0.15) is 32.6 Å². The Morgan fingerprint density at radius 3 is 2.55 bits per heavy atom. The number of rotatable bonds is 5. The zero-order valence-electron chi connectivity index (χ0n) is 18.8. The summed E-state index contributed by atoms with van der Waals surface area (Å²) in [5, 5.41) is 6.16. The number of amides is 5. The summed E-state index contributed by atoms with van der Waals surface area (Å²) in [5.74, 6) is -0.639. The zero-order valence-corrected chi connectivity index (χ0v) is 19.6. The molecule has 1 aliphatic carbocycles. The Balaban J connectivity index is 1.26. The highest BCUT2D eigenvalue weighted by Gasteiger charge is 2.55. The van der Waals surface area contributed by atoms with E-state index in [4.69, 9.17) is 11.6 Å². The minimum atomic E-state index is -0.858. The summed E-state index contributed by atoms with van der Waals surface area (Å²) in [6.07, 6.45) is 3.45. The number of carbonyl (C=O) groups excluding carboxylic acids is 4. The van der Waals surface area contributed by atoms with Gasteiger partial charge in [0, 0.05) is 26.2 Å². The molecule has 1 saturated carbocycles. The van der Waals surface area contributed by atoms with Gasteiger partial charge in [-0.2, -0.15) is 0 Å². The van der Waals surface area contributed by atoms with Gasteiger partial charge in [0.1, 0.15) is 12.1 Å². The van der Waals surface area contributed by atoms with E-state index in [2.05, 4.69) is 10.6 Å². The lowest BCUT2D eigenvalue weighted by Crippen LogP contribution is -2.55. The number of nitrogens with zero attached hydrogens (tertiary/aromatic N) is 3. The highest BCUT2D eigenvalue weighted by molar-refractivity contribution is 6.33. The van der Waals surface area contributed by atoms with Crippen LogP contribution >= 0.6 is 11.6 Å². The first-order chi connectivity index (χ1) is 15.8. The van der Waals surface area contributed by atoms with E-state index in [-0.39, 0.29) is 36.7 Å². The van der Waals surface area contributed by atoms with E-state index in [1.54, 1.807) is 29.2 Å². The third-order valence-electron chi connectivity index (χ3n) is 7.03. The third kappa shape index (κ3) is 4.84. The molecule has 0 aromatic heterocycles. The lowest BCUT2D eigenvalue weighted by molar-refractivity contribution is -0.141. The van der Waals surface area contributed by atoms with Crippen molar-refractivity contribution in [2.45, 2.75) is 38.1 Å². The summed E-state index contributed by atoms with van der Waals surface area (Å²) in [6.45, 7) is 3.87. The molecule has 1 spiro atoms. The van der Waals surface area contributed by atoms with Gasteiger partial charge in [-0.25, -0.2) is 4.79 Å². The van der Waals surface area contributed by atoms with Crippen molar-refractivity contribution >= 4 is 41.0 Å². The van der Waals surface area contributed by atoms with Crippen LogP contribution in [0.2, 0.25) is 5.02 Å². The van der Waals surface area contributed by atoms with Gasteiger partial charge in [0.2, 0.25) is 11.8 Å². The minimum absolute atomic E-state index is 0.0586. The minimum Gasteiger partial charge on any atom is -0.339 e. The summed E-state index contributed by atoms with van der Waals surface area (Å²) in [5.41, 5.74) is -0.292. The molecule has 2 saturated heterocycles. The van der Waals surface area contributed by atoms with Gasteiger partial charge in [-0.3, -0.25) is 24.2 Å². The fraction of sp³-hybridized carbons (Fsp3) is 0.565. The molecule has 178 valence electrons. The summed E-state index contributed by atoms with van der Waals surface area (Å²) < 4.78 is 0. The van der Waals surface area contributed by atoms with Crippen LogP contribution in [-0.2, 0) is 14.4 Å². The van der Waals surface area contributed by atoms with Crippen molar-refractivity contribution in [3.05, 3.63) is 29.3 Å². The van der Waals surface area contributed by atoms with Crippen LogP contribution in [0.4, 0.5) is 10.5 Å². The number of hydrogen-bond acceptors (Lipinski definition) is 5. The summed E-state index contributed by atoms with van der Waals surface area (Å²) in [7, 11) is 0. The SMILES string of the molecule is CC1CCCCC12NC(=O)N(CC(=O)N1CCN(CC(=O)Nc3ccccc3Cl)CC1)C2=O. The topological polar surface area (TPSA) is 102 Å². The lowest BCUT2D eigenvalue weighted by Gasteiger charge is -2.37. The monoisotopic (exact) mass is 475 g/mol. The number of hydrogen-bond donors (Lipinski definition) is 2. The van der Waals surface area contributed by atoms with E-state index in [1.807, 2.05) is 11.8 Å². The second kappa shape index (κ2) is 9.69. The van der Waals surface area contributed by atoms with Gasteiger partial charge in [-0.1, -0.05) is 43.5 Å². The molecular formula is C23H30ClN5O4. The molecule has 5 amide bonds. The van der Waals surface area contributed by atoms with Crippen molar-refractivity contribution in [3.63, 3.8) is 0 Å². The zero-order chi connectivity index (χ0) is 23.6.